The number of carbonyl (C=O) groups is 1. The largest absolute Gasteiger partial charge is 0.289 e. The van der Waals surface area contributed by atoms with E-state index in [1.165, 1.54) is 0 Å². The Labute approximate surface area is 126 Å². The first-order valence-corrected chi connectivity index (χ1v) is 7.15. The van der Waals surface area contributed by atoms with Gasteiger partial charge in [-0.2, -0.15) is 0 Å². The summed E-state index contributed by atoms with van der Waals surface area (Å²) in [4.78, 5) is 12.5. The lowest BCUT2D eigenvalue weighted by atomic mass is 9.97. The summed E-state index contributed by atoms with van der Waals surface area (Å²) < 4.78 is 0.946. The van der Waals surface area contributed by atoms with Gasteiger partial charge in [0.15, 0.2) is 5.78 Å². The van der Waals surface area contributed by atoms with Crippen LogP contribution in [0.4, 0.5) is 0 Å². The number of ketones is 1. The van der Waals surface area contributed by atoms with Gasteiger partial charge in [-0.05, 0) is 55.7 Å². The van der Waals surface area contributed by atoms with Crippen molar-refractivity contribution in [3.05, 3.63) is 67.6 Å². The van der Waals surface area contributed by atoms with Gasteiger partial charge in [-0.25, -0.2) is 0 Å². The molecule has 0 bridgehead atoms. The van der Waals surface area contributed by atoms with Crippen molar-refractivity contribution in [1.82, 2.24) is 0 Å². The van der Waals surface area contributed by atoms with E-state index in [9.17, 15) is 4.79 Å². The highest BCUT2D eigenvalue weighted by Crippen LogP contribution is 2.24. The first kappa shape index (κ1) is 14.3. The monoisotopic (exact) mass is 336 g/mol. The fraction of sp³-hybridized carbons (Fsp3) is 0.188. The van der Waals surface area contributed by atoms with Gasteiger partial charge in [-0.3, -0.25) is 4.79 Å². The van der Waals surface area contributed by atoms with Crippen molar-refractivity contribution in [3.63, 3.8) is 0 Å². The van der Waals surface area contributed by atoms with E-state index < -0.39 is 0 Å². The van der Waals surface area contributed by atoms with Gasteiger partial charge in [-0.1, -0.05) is 39.7 Å². The van der Waals surface area contributed by atoms with Crippen LogP contribution in [0.5, 0.6) is 0 Å². The Balaban J connectivity index is 2.49. The van der Waals surface area contributed by atoms with Gasteiger partial charge in [0.2, 0.25) is 0 Å². The van der Waals surface area contributed by atoms with Gasteiger partial charge >= 0.3 is 0 Å². The smallest absolute Gasteiger partial charge is 0.193 e. The fourth-order valence-electron chi connectivity index (χ4n) is 1.92. The number of benzene rings is 2. The molecule has 0 saturated heterocycles. The molecule has 0 aliphatic heterocycles. The average molecular weight is 338 g/mol. The van der Waals surface area contributed by atoms with Gasteiger partial charge in [-0.15, -0.1) is 0 Å². The van der Waals surface area contributed by atoms with E-state index in [0.29, 0.717) is 16.1 Å². The fourth-order valence-corrected chi connectivity index (χ4v) is 2.51. The van der Waals surface area contributed by atoms with Crippen LogP contribution < -0.4 is 0 Å². The molecule has 1 nitrogen and oxygen atoms in total. The summed E-state index contributed by atoms with van der Waals surface area (Å²) in [5.74, 6) is 0.0259. The van der Waals surface area contributed by atoms with E-state index in [2.05, 4.69) is 15.9 Å². The SMILES string of the molecule is Cc1cc(C(=O)c2ccc(C)c(Br)c2)c(C)cc1Cl. The molecule has 19 heavy (non-hydrogen) atoms. The standard InChI is InChI=1S/C16H14BrClO/c1-9-4-5-12(8-14(9)17)16(19)13-6-11(3)15(18)7-10(13)2/h4-8H,1-3H3. The molecule has 98 valence electrons. The number of hydrogen-bond donors (Lipinski definition) is 0. The minimum atomic E-state index is 0.0259. The van der Waals surface area contributed by atoms with E-state index >= 15 is 0 Å². The van der Waals surface area contributed by atoms with Gasteiger partial charge in [0.1, 0.15) is 0 Å². The van der Waals surface area contributed by atoms with E-state index in [4.69, 9.17) is 11.6 Å². The lowest BCUT2D eigenvalue weighted by molar-refractivity contribution is 0.103. The summed E-state index contributed by atoms with van der Waals surface area (Å²) in [5, 5.41) is 0.694. The summed E-state index contributed by atoms with van der Waals surface area (Å²) in [6.07, 6.45) is 0. The molecule has 3 heteroatoms. The maximum atomic E-state index is 12.5. The van der Waals surface area contributed by atoms with Gasteiger partial charge < -0.3 is 0 Å². The van der Waals surface area contributed by atoms with Crippen LogP contribution in [-0.4, -0.2) is 5.78 Å². The average Bonchev–Trinajstić information content (AvgIpc) is 2.36. The van der Waals surface area contributed by atoms with Crippen molar-refractivity contribution in [2.24, 2.45) is 0 Å². The highest BCUT2D eigenvalue weighted by Gasteiger charge is 2.14. The zero-order chi connectivity index (χ0) is 14.2. The number of carbonyl (C=O) groups excluding carboxylic acids is 1. The second-order valence-electron chi connectivity index (χ2n) is 4.71. The number of rotatable bonds is 2. The van der Waals surface area contributed by atoms with Crippen LogP contribution in [0, 0.1) is 20.8 Å². The summed E-state index contributed by atoms with van der Waals surface area (Å²) >= 11 is 9.52. The van der Waals surface area contributed by atoms with Crippen LogP contribution in [0.1, 0.15) is 32.6 Å². The topological polar surface area (TPSA) is 17.1 Å². The molecule has 0 spiro atoms. The quantitative estimate of drug-likeness (QED) is 0.683. The number of halogens is 2. The van der Waals surface area contributed by atoms with E-state index in [1.54, 1.807) is 0 Å². The summed E-state index contributed by atoms with van der Waals surface area (Å²) in [5.41, 5.74) is 4.32. The predicted molar refractivity (Wildman–Crippen MR) is 83.2 cm³/mol. The molecule has 0 aliphatic carbocycles. The van der Waals surface area contributed by atoms with Crippen molar-refractivity contribution >= 4 is 33.3 Å². The second-order valence-corrected chi connectivity index (χ2v) is 5.97. The minimum absolute atomic E-state index is 0.0259. The van der Waals surface area contributed by atoms with Crippen molar-refractivity contribution in [2.45, 2.75) is 20.8 Å². The van der Waals surface area contributed by atoms with Crippen LogP contribution in [0.25, 0.3) is 0 Å². The highest BCUT2D eigenvalue weighted by atomic mass is 79.9. The second kappa shape index (κ2) is 5.48. The van der Waals surface area contributed by atoms with Crippen molar-refractivity contribution in [2.75, 3.05) is 0 Å². The van der Waals surface area contributed by atoms with Crippen molar-refractivity contribution < 1.29 is 4.79 Å². The maximum absolute atomic E-state index is 12.5. The van der Waals surface area contributed by atoms with Crippen molar-refractivity contribution in [3.8, 4) is 0 Å². The molecule has 2 rings (SSSR count). The van der Waals surface area contributed by atoms with E-state index in [0.717, 1.165) is 21.2 Å². The molecule has 0 aromatic heterocycles. The van der Waals surface area contributed by atoms with Crippen LogP contribution in [0.2, 0.25) is 5.02 Å². The molecule has 0 unspecified atom stereocenters. The Hall–Kier alpha value is -1.12. The van der Waals surface area contributed by atoms with Crippen LogP contribution in [0.3, 0.4) is 0 Å². The molecular formula is C16H14BrClO. The summed E-state index contributed by atoms with van der Waals surface area (Å²) in [6, 6.07) is 9.35. The molecule has 0 heterocycles. The Bertz CT molecular complexity index is 662. The molecule has 0 radical (unpaired) electrons. The minimum Gasteiger partial charge on any atom is -0.289 e. The predicted octanol–water partition coefficient (Wildman–Crippen LogP) is 5.26. The first-order valence-electron chi connectivity index (χ1n) is 5.97. The Morgan fingerprint density at radius 3 is 2.32 bits per heavy atom. The highest BCUT2D eigenvalue weighted by molar-refractivity contribution is 9.10. The van der Waals surface area contributed by atoms with Crippen LogP contribution in [-0.2, 0) is 0 Å². The molecule has 0 amide bonds. The molecule has 0 aliphatic rings. The summed E-state index contributed by atoms with van der Waals surface area (Å²) in [7, 11) is 0. The van der Waals surface area contributed by atoms with Crippen LogP contribution in [0.15, 0.2) is 34.8 Å². The molecule has 0 atom stereocenters. The van der Waals surface area contributed by atoms with Gasteiger partial charge in [0, 0.05) is 20.6 Å². The zero-order valence-electron chi connectivity index (χ0n) is 11.1. The first-order chi connectivity index (χ1) is 8.90. The molecule has 2 aromatic carbocycles. The molecule has 0 fully saturated rings. The van der Waals surface area contributed by atoms with Gasteiger partial charge in [0.05, 0.1) is 0 Å². The van der Waals surface area contributed by atoms with Gasteiger partial charge in [0.25, 0.3) is 0 Å². The molecular weight excluding hydrogens is 324 g/mol. The normalized spacial score (nSPS) is 10.6. The van der Waals surface area contributed by atoms with E-state index in [1.807, 2.05) is 51.1 Å². The third-order valence-corrected chi connectivity index (χ3v) is 4.45. The number of hydrogen-bond acceptors (Lipinski definition) is 1. The Morgan fingerprint density at radius 2 is 1.68 bits per heavy atom. The van der Waals surface area contributed by atoms with E-state index in [-0.39, 0.29) is 5.78 Å². The maximum Gasteiger partial charge on any atom is 0.193 e. The molecule has 0 N–H and O–H groups in total. The van der Waals surface area contributed by atoms with Crippen molar-refractivity contribution in [1.29, 1.82) is 0 Å². The molecule has 2 aromatic rings. The lowest BCUT2D eigenvalue weighted by Crippen LogP contribution is -2.04. The third-order valence-electron chi connectivity index (χ3n) is 3.18. The zero-order valence-corrected chi connectivity index (χ0v) is 13.4. The third kappa shape index (κ3) is 2.90. The lowest BCUT2D eigenvalue weighted by Gasteiger charge is -2.09. The Kier molecular flexibility index (Phi) is 4.12. The number of aryl methyl sites for hydroxylation is 3. The Morgan fingerprint density at radius 1 is 1.00 bits per heavy atom. The van der Waals surface area contributed by atoms with Crippen LogP contribution >= 0.6 is 27.5 Å². The molecule has 0 saturated carbocycles. The summed E-state index contributed by atoms with van der Waals surface area (Å²) in [6.45, 7) is 5.81.